The van der Waals surface area contributed by atoms with Gasteiger partial charge in [0.05, 0.1) is 10.5 Å². The minimum Gasteiger partial charge on any atom is -0.437 e. The number of carbonyl (C=O) groups is 1. The zero-order valence-electron chi connectivity index (χ0n) is 4.07. The molecule has 0 aliphatic rings. The third-order valence-electron chi connectivity index (χ3n) is 0.763. The second-order valence-electron chi connectivity index (χ2n) is 1.29. The number of hydrogen-bond donors (Lipinski definition) is 1. The molecule has 42 valence electrons. The van der Waals surface area contributed by atoms with Gasteiger partial charge in [-0.1, -0.05) is 0 Å². The van der Waals surface area contributed by atoms with E-state index in [-0.39, 0.29) is 0 Å². The largest absolute Gasteiger partial charge is 0.551 e. The lowest BCUT2D eigenvalue weighted by Gasteiger charge is -1.68. The van der Waals surface area contributed by atoms with Crippen molar-refractivity contribution in [3.63, 3.8) is 0 Å². The van der Waals surface area contributed by atoms with Crippen molar-refractivity contribution in [1.82, 2.24) is 0 Å². The van der Waals surface area contributed by atoms with Crippen LogP contribution < -0.4 is 0 Å². The minimum atomic E-state index is -0.755. The normalized spacial score (nSPS) is 9.00. The maximum absolute atomic E-state index is 10.1. The summed E-state index contributed by atoms with van der Waals surface area (Å²) in [6.07, 6.45) is 0. The maximum Gasteiger partial charge on any atom is 0.551 e. The molecule has 0 saturated carbocycles. The van der Waals surface area contributed by atoms with Crippen LogP contribution in [0.25, 0.3) is 0 Å². The summed E-state index contributed by atoms with van der Waals surface area (Å²) in [4.78, 5) is 10.1. The highest BCUT2D eigenvalue weighted by Crippen LogP contribution is 2.15. The summed E-state index contributed by atoms with van der Waals surface area (Å²) >= 11 is 0. The number of hydrogen-bond acceptors (Lipinski definition) is 1. The second-order valence-corrected chi connectivity index (χ2v) is 2.93. The monoisotopic (exact) mass is 129 g/mol. The maximum atomic E-state index is 10.1. The molecule has 3 heteroatoms. The van der Waals surface area contributed by atoms with Gasteiger partial charge in [0.2, 0.25) is 0 Å². The van der Waals surface area contributed by atoms with Crippen molar-refractivity contribution in [3.8, 4) is 0 Å². The van der Waals surface area contributed by atoms with E-state index in [9.17, 15) is 4.79 Å². The highest BCUT2D eigenvalue weighted by molar-refractivity contribution is 7.48. The topological polar surface area (TPSA) is 37.3 Å². The van der Waals surface area contributed by atoms with Crippen LogP contribution in [0.3, 0.4) is 0 Å². The van der Waals surface area contributed by atoms with Gasteiger partial charge in [-0.3, -0.25) is 0 Å². The third kappa shape index (κ3) is 0.869. The second kappa shape index (κ2) is 1.96. The molecule has 0 saturated heterocycles. The Balaban J connectivity index is 2.93. The quantitative estimate of drug-likeness (QED) is 0.588. The fourth-order valence-corrected chi connectivity index (χ4v) is 1.27. The average molecular weight is 129 g/mol. The Morgan fingerprint density at radius 2 is 1.88 bits per heavy atom. The fraction of sp³-hybridized carbons (Fsp3) is 0. The molecule has 0 atom stereocenters. The molecule has 0 aliphatic heterocycles. The van der Waals surface area contributed by atoms with Crippen molar-refractivity contribution in [2.24, 2.45) is 0 Å². The first kappa shape index (κ1) is 5.31. The molecule has 0 aliphatic carbocycles. The lowest BCUT2D eigenvalue weighted by Crippen LogP contribution is -1.78. The van der Waals surface area contributed by atoms with Crippen LogP contribution in [0, 0.1) is 0 Å². The molecule has 1 aromatic heterocycles. The predicted molar refractivity (Wildman–Crippen MR) is 32.3 cm³/mol. The van der Waals surface area contributed by atoms with E-state index in [2.05, 4.69) is 0 Å². The summed E-state index contributed by atoms with van der Waals surface area (Å²) in [6, 6.07) is 3.49. The van der Waals surface area contributed by atoms with Gasteiger partial charge >= 0.3 is 5.30 Å². The number of rotatable bonds is 1. The molecule has 0 bridgehead atoms. The van der Waals surface area contributed by atoms with Crippen molar-refractivity contribution >= 4 is 15.8 Å². The van der Waals surface area contributed by atoms with Crippen LogP contribution in [0.4, 0.5) is 4.79 Å². The summed E-state index contributed by atoms with van der Waals surface area (Å²) in [5.41, 5.74) is 0. The number of thiophene rings is 1. The van der Waals surface area contributed by atoms with E-state index in [0.29, 0.717) is 0 Å². The van der Waals surface area contributed by atoms with E-state index >= 15 is 0 Å². The van der Waals surface area contributed by atoms with Crippen molar-refractivity contribution < 1.29 is 9.90 Å². The highest BCUT2D eigenvalue weighted by atomic mass is 32.2. The minimum absolute atomic E-state index is 0.623. The van der Waals surface area contributed by atoms with Gasteiger partial charge in [-0.05, 0) is 12.1 Å². The Morgan fingerprint density at radius 1 is 1.38 bits per heavy atom. The molecule has 1 heterocycles. The molecule has 0 unspecified atom stereocenters. The smallest absolute Gasteiger partial charge is 0.437 e. The third-order valence-corrected chi connectivity index (χ3v) is 2.07. The van der Waals surface area contributed by atoms with Gasteiger partial charge in [0.15, 0.2) is 10.8 Å². The zero-order chi connectivity index (χ0) is 5.98. The first-order valence-electron chi connectivity index (χ1n) is 2.10. The molecule has 1 rings (SSSR count). The summed E-state index contributed by atoms with van der Waals surface area (Å²) in [5.74, 6) is 0. The Kier molecular flexibility index (Phi) is 1.30. The van der Waals surface area contributed by atoms with Gasteiger partial charge in [-0.2, -0.15) is 4.79 Å². The molecular formula is C5H5O2S+. The lowest BCUT2D eigenvalue weighted by atomic mass is 10.7. The Morgan fingerprint density at radius 3 is 2.12 bits per heavy atom. The molecule has 0 fully saturated rings. The van der Waals surface area contributed by atoms with Crippen molar-refractivity contribution in [2.45, 2.75) is 0 Å². The van der Waals surface area contributed by atoms with E-state index in [1.165, 1.54) is 0 Å². The summed E-state index contributed by atoms with van der Waals surface area (Å²) < 4.78 is 0. The van der Waals surface area contributed by atoms with Crippen LogP contribution >= 0.6 is 10.5 Å². The molecule has 1 N–H and O–H groups in total. The summed E-state index contributed by atoms with van der Waals surface area (Å²) in [6.45, 7) is 0. The Bertz CT molecular complexity index is 178. The van der Waals surface area contributed by atoms with Crippen LogP contribution in [-0.4, -0.2) is 10.4 Å². The van der Waals surface area contributed by atoms with Crippen molar-refractivity contribution in [2.75, 3.05) is 0 Å². The van der Waals surface area contributed by atoms with Crippen LogP contribution in [-0.2, 0) is 0 Å². The molecule has 0 aromatic carbocycles. The zero-order valence-corrected chi connectivity index (χ0v) is 4.89. The van der Waals surface area contributed by atoms with Crippen LogP contribution in [0.1, 0.15) is 0 Å². The van der Waals surface area contributed by atoms with E-state index in [4.69, 9.17) is 5.11 Å². The van der Waals surface area contributed by atoms with Gasteiger partial charge in [-0.15, -0.1) is 0 Å². The van der Waals surface area contributed by atoms with Gasteiger partial charge in [0.1, 0.15) is 0 Å². The first-order valence-corrected chi connectivity index (χ1v) is 3.45. The fourth-order valence-electron chi connectivity index (χ4n) is 0.422. The molecule has 2 nitrogen and oxygen atoms in total. The molecular weight excluding hydrogens is 124 g/mol. The lowest BCUT2D eigenvalue weighted by molar-refractivity contribution is 0.221. The van der Waals surface area contributed by atoms with E-state index in [1.807, 2.05) is 0 Å². The Hall–Kier alpha value is -0.830. The average Bonchev–Trinajstić information content (AvgIpc) is 2.12. The molecule has 0 spiro atoms. The van der Waals surface area contributed by atoms with Crippen molar-refractivity contribution in [1.29, 1.82) is 0 Å². The molecule has 0 radical (unpaired) electrons. The van der Waals surface area contributed by atoms with Crippen LogP contribution in [0.2, 0.25) is 0 Å². The standard InChI is InChI=1S/C5H4O2S/c6-5(7)8-3-1-2-4-8/h1-4H/p+1. The summed E-state index contributed by atoms with van der Waals surface area (Å²) in [5, 5.41) is 10.9. The van der Waals surface area contributed by atoms with Crippen LogP contribution in [0.15, 0.2) is 22.9 Å². The van der Waals surface area contributed by atoms with Crippen molar-refractivity contribution in [3.05, 3.63) is 22.9 Å². The molecule has 1 aromatic rings. The predicted octanol–water partition coefficient (Wildman–Crippen LogP) is 1.96. The van der Waals surface area contributed by atoms with Crippen LogP contribution in [0.5, 0.6) is 0 Å². The van der Waals surface area contributed by atoms with Gasteiger partial charge in [-0.25, -0.2) is 0 Å². The van der Waals surface area contributed by atoms with Gasteiger partial charge in [0, 0.05) is 0 Å². The van der Waals surface area contributed by atoms with E-state index in [0.717, 1.165) is 0 Å². The molecule has 0 amide bonds. The SMILES string of the molecule is O=C(O)[s+]1cccc1. The van der Waals surface area contributed by atoms with Gasteiger partial charge in [0.25, 0.3) is 0 Å². The number of carboxylic acid groups (broad SMARTS) is 1. The van der Waals surface area contributed by atoms with Gasteiger partial charge < -0.3 is 5.11 Å². The van der Waals surface area contributed by atoms with E-state index < -0.39 is 15.8 Å². The first-order chi connectivity index (χ1) is 3.80. The highest BCUT2D eigenvalue weighted by Gasteiger charge is 2.10. The Labute approximate surface area is 49.4 Å². The van der Waals surface area contributed by atoms with E-state index in [1.54, 1.807) is 22.9 Å². The molecule has 8 heavy (non-hydrogen) atoms. The summed E-state index contributed by atoms with van der Waals surface area (Å²) in [7, 11) is -0.623.